The molecular weight excluding hydrogens is 569 g/mol. The molecule has 0 atom stereocenters. The molecule has 0 radical (unpaired) electrons. The van der Waals surface area contributed by atoms with Gasteiger partial charge in [0.25, 0.3) is 10.0 Å². The average Bonchev–Trinajstić information content (AvgIpc) is 2.94. The van der Waals surface area contributed by atoms with Crippen LogP contribution in [0.5, 0.6) is 0 Å². The number of unbranched alkanes of at least 4 members (excludes halogenated alkanes) is 1. The Morgan fingerprint density at radius 1 is 1.05 bits per heavy atom. The van der Waals surface area contributed by atoms with Crippen LogP contribution in [-0.4, -0.2) is 49.7 Å². The third-order valence-corrected chi connectivity index (χ3v) is 8.23. The number of ether oxygens (including phenoxy) is 1. The molecule has 0 saturated heterocycles. The van der Waals surface area contributed by atoms with E-state index >= 15 is 0 Å². The van der Waals surface area contributed by atoms with Gasteiger partial charge in [-0.3, -0.25) is 0 Å². The number of esters is 1. The lowest BCUT2D eigenvalue weighted by molar-refractivity contribution is -0.139. The van der Waals surface area contributed by atoms with Gasteiger partial charge in [-0.2, -0.15) is 0 Å². The zero-order valence-electron chi connectivity index (χ0n) is 23.4. The number of hydrogen-bond acceptors (Lipinski definition) is 8. The van der Waals surface area contributed by atoms with Gasteiger partial charge in [-0.25, -0.2) is 22.7 Å². The molecule has 2 amide bonds. The molecule has 0 aliphatic heterocycles. The lowest BCUT2D eigenvalue weighted by Gasteiger charge is -2.28. The Morgan fingerprint density at radius 2 is 1.73 bits per heavy atom. The third-order valence-electron chi connectivity index (χ3n) is 5.78. The highest BCUT2D eigenvalue weighted by Gasteiger charge is 2.26. The maximum atomic E-state index is 13.0. The van der Waals surface area contributed by atoms with Crippen LogP contribution >= 0.6 is 24.0 Å². The first-order chi connectivity index (χ1) is 19.1. The molecule has 0 aliphatic rings. The summed E-state index contributed by atoms with van der Waals surface area (Å²) in [6.45, 7) is 6.50. The van der Waals surface area contributed by atoms with Gasteiger partial charge in [-0.1, -0.05) is 75.0 Å². The molecule has 2 aromatic carbocycles. The first-order valence-electron chi connectivity index (χ1n) is 13.1. The van der Waals surface area contributed by atoms with Gasteiger partial charge in [0.15, 0.2) is 5.70 Å². The number of carbonyl (C=O) groups excluding carboxylic acids is 2. The maximum Gasteiger partial charge on any atom is 0.357 e. The molecule has 0 spiro atoms. The van der Waals surface area contributed by atoms with Crippen molar-refractivity contribution in [2.45, 2.75) is 57.9 Å². The molecule has 9 nitrogen and oxygen atoms in total. The fraction of sp³-hybridized carbons (Fsp3) is 0.393. The van der Waals surface area contributed by atoms with Crippen molar-refractivity contribution in [3.05, 3.63) is 64.8 Å². The highest BCUT2D eigenvalue weighted by atomic mass is 32.2. The van der Waals surface area contributed by atoms with E-state index in [1.807, 2.05) is 19.1 Å². The molecular formula is C28H38N4O5S3. The summed E-state index contributed by atoms with van der Waals surface area (Å²) in [5.74, 6) is -0.542. The van der Waals surface area contributed by atoms with Gasteiger partial charge in [0.05, 0.1) is 21.5 Å². The highest BCUT2D eigenvalue weighted by molar-refractivity contribution is 8.02. The van der Waals surface area contributed by atoms with Crippen LogP contribution in [0, 0.1) is 0 Å². The lowest BCUT2D eigenvalue weighted by atomic mass is 10.0. The van der Waals surface area contributed by atoms with Crippen LogP contribution in [0.25, 0.3) is 11.1 Å². The maximum absolute atomic E-state index is 13.0. The number of rotatable bonds is 14. The second-order valence-electron chi connectivity index (χ2n) is 8.78. The van der Waals surface area contributed by atoms with Gasteiger partial charge in [0.2, 0.25) is 0 Å². The van der Waals surface area contributed by atoms with E-state index in [-0.39, 0.29) is 23.7 Å². The normalized spacial score (nSPS) is 11.8. The molecule has 0 unspecified atom stereocenters. The number of thioether (sulfide) groups is 1. The second kappa shape index (κ2) is 16.2. The van der Waals surface area contributed by atoms with Crippen molar-refractivity contribution >= 4 is 51.0 Å². The quantitative estimate of drug-likeness (QED) is 0.152. The number of thiocarbonyl (C=S) groups is 1. The van der Waals surface area contributed by atoms with Crippen LogP contribution in [0.4, 0.5) is 4.79 Å². The number of urea groups is 1. The van der Waals surface area contributed by atoms with Crippen LogP contribution in [0.1, 0.15) is 52.0 Å². The van der Waals surface area contributed by atoms with E-state index in [2.05, 4.69) is 17.0 Å². The minimum Gasteiger partial charge on any atom is -0.461 e. The topological polar surface area (TPSA) is 131 Å². The minimum atomic E-state index is -4.12. The number of nitrogens with one attached hydrogen (secondary N) is 2. The summed E-state index contributed by atoms with van der Waals surface area (Å²) in [4.78, 5) is 27.2. The monoisotopic (exact) mass is 606 g/mol. The molecule has 40 heavy (non-hydrogen) atoms. The number of benzene rings is 2. The Balaban J connectivity index is 2.42. The van der Waals surface area contributed by atoms with E-state index in [1.165, 1.54) is 17.8 Å². The number of nitrogens with two attached hydrogens (primary N) is 1. The van der Waals surface area contributed by atoms with Gasteiger partial charge in [0, 0.05) is 18.7 Å². The first-order valence-corrected chi connectivity index (χ1v) is 16.2. The standard InChI is InChI=1S/C28H38N4O5S3/c1-5-8-13-24(38)32(25(26(29)39-4)27(33)37-7-3)19-20-14-16-21(17-15-20)22-11-9-10-12-23(22)40(35,36)31-28(34)30-18-6-2/h9-12,14-17H,5-8,13,18-19,29H2,1-4H3,(H2,30,31,34). The van der Waals surface area contributed by atoms with E-state index in [1.54, 1.807) is 48.4 Å². The fourth-order valence-corrected chi connectivity index (χ4v) is 5.60. The van der Waals surface area contributed by atoms with Gasteiger partial charge in [0.1, 0.15) is 0 Å². The van der Waals surface area contributed by atoms with Gasteiger partial charge < -0.3 is 20.7 Å². The van der Waals surface area contributed by atoms with Crippen LogP contribution < -0.4 is 15.8 Å². The highest BCUT2D eigenvalue weighted by Crippen LogP contribution is 2.29. The summed E-state index contributed by atoms with van der Waals surface area (Å²) in [5.41, 5.74) is 8.36. The summed E-state index contributed by atoms with van der Waals surface area (Å²) < 4.78 is 33.4. The van der Waals surface area contributed by atoms with E-state index < -0.39 is 22.0 Å². The van der Waals surface area contributed by atoms with Crippen molar-refractivity contribution in [2.75, 3.05) is 19.4 Å². The summed E-state index contributed by atoms with van der Waals surface area (Å²) in [6, 6.07) is 13.0. The molecule has 4 N–H and O–H groups in total. The molecule has 2 rings (SSSR count). The summed E-state index contributed by atoms with van der Waals surface area (Å²) in [5, 5.41) is 2.82. The second-order valence-corrected chi connectivity index (χ2v) is 11.7. The van der Waals surface area contributed by atoms with E-state index in [4.69, 9.17) is 22.7 Å². The molecule has 2 aromatic rings. The number of amides is 2. The van der Waals surface area contributed by atoms with Crippen molar-refractivity contribution in [1.82, 2.24) is 14.9 Å². The lowest BCUT2D eigenvalue weighted by Crippen LogP contribution is -2.39. The van der Waals surface area contributed by atoms with Crippen molar-refractivity contribution in [2.24, 2.45) is 5.73 Å². The SMILES string of the molecule is CCCCC(=S)N(Cc1ccc(-c2ccccc2S(=O)(=O)NC(=O)NCCC)cc1)C(C(=O)OCC)=C(N)SC. The summed E-state index contributed by atoms with van der Waals surface area (Å²) in [6.07, 6.45) is 4.87. The molecule has 0 heterocycles. The molecule has 0 aromatic heterocycles. The molecule has 0 fully saturated rings. The van der Waals surface area contributed by atoms with Gasteiger partial charge in [-0.05, 0) is 49.6 Å². The van der Waals surface area contributed by atoms with E-state index in [0.29, 0.717) is 40.5 Å². The van der Waals surface area contributed by atoms with Crippen molar-refractivity contribution in [3.8, 4) is 11.1 Å². The largest absolute Gasteiger partial charge is 0.461 e. The number of hydrogen-bond donors (Lipinski definition) is 3. The first kappa shape index (κ1) is 33.1. The molecule has 0 saturated carbocycles. The Kier molecular flexibility index (Phi) is 13.4. The van der Waals surface area contributed by atoms with Crippen molar-refractivity contribution in [1.29, 1.82) is 0 Å². The van der Waals surface area contributed by atoms with Gasteiger partial charge in [-0.15, -0.1) is 11.8 Å². The van der Waals surface area contributed by atoms with Crippen LogP contribution in [0.15, 0.2) is 64.2 Å². The fourth-order valence-electron chi connectivity index (χ4n) is 3.76. The van der Waals surface area contributed by atoms with Crippen molar-refractivity contribution in [3.63, 3.8) is 0 Å². The third kappa shape index (κ3) is 9.24. The van der Waals surface area contributed by atoms with E-state index in [9.17, 15) is 18.0 Å². The molecule has 12 heteroatoms. The Bertz CT molecular complexity index is 1310. The Hall–Kier alpha value is -3.09. The van der Waals surface area contributed by atoms with Crippen LogP contribution in [0.3, 0.4) is 0 Å². The smallest absolute Gasteiger partial charge is 0.357 e. The summed E-state index contributed by atoms with van der Waals surface area (Å²) >= 11 is 6.96. The molecule has 0 aliphatic carbocycles. The average molecular weight is 607 g/mol. The Morgan fingerprint density at radius 3 is 2.33 bits per heavy atom. The summed E-state index contributed by atoms with van der Waals surface area (Å²) in [7, 11) is -4.12. The molecule has 0 bridgehead atoms. The van der Waals surface area contributed by atoms with Crippen molar-refractivity contribution < 1.29 is 22.7 Å². The molecule has 218 valence electrons. The predicted octanol–water partition coefficient (Wildman–Crippen LogP) is 5.13. The number of carbonyl (C=O) groups is 2. The van der Waals surface area contributed by atoms with Crippen LogP contribution in [0.2, 0.25) is 0 Å². The van der Waals surface area contributed by atoms with Gasteiger partial charge >= 0.3 is 12.0 Å². The van der Waals surface area contributed by atoms with E-state index in [0.717, 1.165) is 18.4 Å². The minimum absolute atomic E-state index is 0.0166. The zero-order valence-corrected chi connectivity index (χ0v) is 25.8. The predicted molar refractivity (Wildman–Crippen MR) is 165 cm³/mol. The van der Waals surface area contributed by atoms with Crippen LogP contribution in [-0.2, 0) is 26.1 Å². The number of sulfonamides is 1. The Labute approximate surface area is 247 Å². The zero-order chi connectivity index (χ0) is 29.7. The number of nitrogens with zero attached hydrogens (tertiary/aromatic N) is 1.